The van der Waals surface area contributed by atoms with E-state index >= 15 is 0 Å². The molecular weight excluding hydrogens is 283 g/mol. The second kappa shape index (κ2) is 9.13. The van der Waals surface area contributed by atoms with Gasteiger partial charge in [0.25, 0.3) is 0 Å². The Kier molecular flexibility index (Phi) is 8.72. The Hall–Kier alpha value is -0.840. The number of hydrogen-bond donors (Lipinski definition) is 1. The van der Waals surface area contributed by atoms with Crippen LogP contribution in [0.3, 0.4) is 0 Å². The van der Waals surface area contributed by atoms with E-state index in [0.717, 1.165) is 30.5 Å². The molecule has 0 saturated carbocycles. The molecule has 2 heterocycles. The van der Waals surface area contributed by atoms with Crippen LogP contribution in [0.25, 0.3) is 5.65 Å². The highest BCUT2D eigenvalue weighted by molar-refractivity contribution is 5.85. The molecule has 0 aliphatic carbocycles. The van der Waals surface area contributed by atoms with Crippen LogP contribution in [0.5, 0.6) is 0 Å². The van der Waals surface area contributed by atoms with Crippen LogP contribution in [-0.4, -0.2) is 21.1 Å². The molecule has 0 aliphatic rings. The summed E-state index contributed by atoms with van der Waals surface area (Å²) >= 11 is 0. The highest BCUT2D eigenvalue weighted by Crippen LogP contribution is 2.05. The predicted octanol–water partition coefficient (Wildman–Crippen LogP) is 3.10. The zero-order valence-electron chi connectivity index (χ0n) is 11.4. The number of fused-ring (bicyclic) bond motifs is 1. The van der Waals surface area contributed by atoms with Crippen LogP contribution in [0.1, 0.15) is 32.5 Å². The molecule has 0 fully saturated rings. The summed E-state index contributed by atoms with van der Waals surface area (Å²) in [4.78, 5) is 0. The summed E-state index contributed by atoms with van der Waals surface area (Å²) in [5, 5.41) is 11.8. The van der Waals surface area contributed by atoms with Gasteiger partial charge < -0.3 is 5.32 Å². The van der Waals surface area contributed by atoms with Crippen molar-refractivity contribution < 1.29 is 0 Å². The van der Waals surface area contributed by atoms with Gasteiger partial charge in [-0.3, -0.25) is 4.40 Å². The Bertz CT molecular complexity index is 472. The van der Waals surface area contributed by atoms with Gasteiger partial charge in [0, 0.05) is 6.20 Å². The van der Waals surface area contributed by atoms with Gasteiger partial charge in [0.2, 0.25) is 0 Å². The maximum absolute atomic E-state index is 4.19. The van der Waals surface area contributed by atoms with Crippen LogP contribution in [0.4, 0.5) is 0 Å². The monoisotopic (exact) mass is 304 g/mol. The number of hydrogen-bond acceptors (Lipinski definition) is 3. The zero-order valence-corrected chi connectivity index (χ0v) is 13.0. The lowest BCUT2D eigenvalue weighted by molar-refractivity contribution is 0.471. The fourth-order valence-electron chi connectivity index (χ4n) is 2.04. The Morgan fingerprint density at radius 1 is 1.26 bits per heavy atom. The molecule has 2 aromatic heterocycles. The first-order chi connectivity index (χ1) is 8.31. The van der Waals surface area contributed by atoms with Crippen molar-refractivity contribution in [2.45, 2.75) is 33.2 Å². The fraction of sp³-hybridized carbons (Fsp3) is 0.538. The van der Waals surface area contributed by atoms with Crippen molar-refractivity contribution >= 4 is 30.5 Å². The lowest BCUT2D eigenvalue weighted by Gasteiger charge is -2.10. The maximum Gasteiger partial charge on any atom is 0.160 e. The zero-order chi connectivity index (χ0) is 12.1. The number of nitrogens with zero attached hydrogens (tertiary/aromatic N) is 3. The Balaban J connectivity index is 0.00000162. The quantitative estimate of drug-likeness (QED) is 0.891. The van der Waals surface area contributed by atoms with E-state index in [-0.39, 0.29) is 24.8 Å². The number of pyridine rings is 1. The second-order valence-electron chi connectivity index (χ2n) is 4.57. The predicted molar refractivity (Wildman–Crippen MR) is 83.3 cm³/mol. The van der Waals surface area contributed by atoms with E-state index in [0.29, 0.717) is 0 Å². The summed E-state index contributed by atoms with van der Waals surface area (Å²) < 4.78 is 2.03. The van der Waals surface area contributed by atoms with Gasteiger partial charge in [-0.2, -0.15) is 0 Å². The van der Waals surface area contributed by atoms with Gasteiger partial charge in [-0.1, -0.05) is 26.3 Å². The van der Waals surface area contributed by atoms with E-state index in [1.165, 1.54) is 12.8 Å². The molecule has 6 heteroatoms. The van der Waals surface area contributed by atoms with Gasteiger partial charge in [-0.25, -0.2) is 0 Å². The number of aromatic nitrogens is 3. The van der Waals surface area contributed by atoms with Crippen LogP contribution < -0.4 is 5.32 Å². The van der Waals surface area contributed by atoms with Gasteiger partial charge in [0.1, 0.15) is 0 Å². The molecule has 2 rings (SSSR count). The van der Waals surface area contributed by atoms with E-state index in [1.807, 2.05) is 28.8 Å². The van der Waals surface area contributed by atoms with Crippen molar-refractivity contribution in [3.05, 3.63) is 30.2 Å². The third kappa shape index (κ3) is 4.97. The molecule has 1 N–H and O–H groups in total. The van der Waals surface area contributed by atoms with Crippen molar-refractivity contribution in [1.82, 2.24) is 19.9 Å². The number of rotatable bonds is 6. The minimum atomic E-state index is 0. The molecule has 1 atom stereocenters. The first-order valence-corrected chi connectivity index (χ1v) is 6.30. The molecule has 0 saturated heterocycles. The molecule has 0 amide bonds. The summed E-state index contributed by atoms with van der Waals surface area (Å²) in [6.45, 7) is 6.32. The summed E-state index contributed by atoms with van der Waals surface area (Å²) in [7, 11) is 0. The van der Waals surface area contributed by atoms with Crippen molar-refractivity contribution in [3.63, 3.8) is 0 Å². The minimum Gasteiger partial charge on any atom is -0.310 e. The molecule has 19 heavy (non-hydrogen) atoms. The SMILES string of the molecule is CCCC(C)CNCc1nnc2ccccn12.Cl.Cl. The Morgan fingerprint density at radius 2 is 2.05 bits per heavy atom. The Labute approximate surface area is 126 Å². The molecule has 0 aromatic carbocycles. The van der Waals surface area contributed by atoms with E-state index in [1.54, 1.807) is 0 Å². The summed E-state index contributed by atoms with van der Waals surface area (Å²) in [6.07, 6.45) is 4.52. The third-order valence-corrected chi connectivity index (χ3v) is 2.94. The Morgan fingerprint density at radius 3 is 2.79 bits per heavy atom. The van der Waals surface area contributed by atoms with Crippen molar-refractivity contribution in [1.29, 1.82) is 0 Å². The lowest BCUT2D eigenvalue weighted by atomic mass is 10.1. The molecule has 108 valence electrons. The van der Waals surface area contributed by atoms with Crippen LogP contribution in [-0.2, 0) is 6.54 Å². The van der Waals surface area contributed by atoms with Gasteiger partial charge in [0.15, 0.2) is 11.5 Å². The van der Waals surface area contributed by atoms with E-state index in [4.69, 9.17) is 0 Å². The summed E-state index contributed by atoms with van der Waals surface area (Å²) in [5.74, 6) is 1.70. The van der Waals surface area contributed by atoms with Crippen LogP contribution in [0.15, 0.2) is 24.4 Å². The van der Waals surface area contributed by atoms with Crippen LogP contribution >= 0.6 is 24.8 Å². The van der Waals surface area contributed by atoms with Crippen molar-refractivity contribution in [2.75, 3.05) is 6.54 Å². The summed E-state index contributed by atoms with van der Waals surface area (Å²) in [6, 6.07) is 5.94. The summed E-state index contributed by atoms with van der Waals surface area (Å²) in [5.41, 5.74) is 0.908. The third-order valence-electron chi connectivity index (χ3n) is 2.94. The molecule has 0 spiro atoms. The molecule has 4 nitrogen and oxygen atoms in total. The lowest BCUT2D eigenvalue weighted by Crippen LogP contribution is -2.21. The number of halogens is 2. The van der Waals surface area contributed by atoms with Crippen LogP contribution in [0.2, 0.25) is 0 Å². The standard InChI is InChI=1S/C13H20N4.2ClH/c1-3-6-11(2)9-14-10-13-16-15-12-7-4-5-8-17(12)13;;/h4-5,7-8,11,14H,3,6,9-10H2,1-2H3;2*1H. The van der Waals surface area contributed by atoms with Gasteiger partial charge in [0.05, 0.1) is 6.54 Å². The van der Waals surface area contributed by atoms with E-state index in [2.05, 4.69) is 29.4 Å². The average Bonchev–Trinajstić information content (AvgIpc) is 2.73. The minimum absolute atomic E-state index is 0. The van der Waals surface area contributed by atoms with Crippen molar-refractivity contribution in [3.8, 4) is 0 Å². The fourth-order valence-corrected chi connectivity index (χ4v) is 2.04. The molecular formula is C13H22Cl2N4. The first-order valence-electron chi connectivity index (χ1n) is 6.30. The van der Waals surface area contributed by atoms with E-state index < -0.39 is 0 Å². The van der Waals surface area contributed by atoms with Crippen molar-refractivity contribution in [2.24, 2.45) is 5.92 Å². The average molecular weight is 305 g/mol. The van der Waals surface area contributed by atoms with E-state index in [9.17, 15) is 0 Å². The second-order valence-corrected chi connectivity index (χ2v) is 4.57. The molecule has 1 unspecified atom stereocenters. The normalized spacial score (nSPS) is 11.7. The van der Waals surface area contributed by atoms with Gasteiger partial charge in [-0.05, 0) is 31.0 Å². The van der Waals surface area contributed by atoms with Gasteiger partial charge >= 0.3 is 0 Å². The smallest absolute Gasteiger partial charge is 0.160 e. The molecule has 0 radical (unpaired) electrons. The largest absolute Gasteiger partial charge is 0.310 e. The molecule has 0 bridgehead atoms. The topological polar surface area (TPSA) is 42.2 Å². The number of nitrogens with one attached hydrogen (secondary N) is 1. The first kappa shape index (κ1) is 18.2. The maximum atomic E-state index is 4.19. The van der Waals surface area contributed by atoms with Crippen LogP contribution in [0, 0.1) is 5.92 Å². The molecule has 2 aromatic rings. The highest BCUT2D eigenvalue weighted by atomic mass is 35.5. The molecule has 0 aliphatic heterocycles. The highest BCUT2D eigenvalue weighted by Gasteiger charge is 2.05. The van der Waals surface area contributed by atoms with Gasteiger partial charge in [-0.15, -0.1) is 35.0 Å².